The van der Waals surface area contributed by atoms with Gasteiger partial charge in [-0.3, -0.25) is 9.59 Å². The fourth-order valence-electron chi connectivity index (χ4n) is 5.76. The minimum absolute atomic E-state index is 0.144. The molecule has 2 amide bonds. The second-order valence-corrected chi connectivity index (χ2v) is 8.80. The number of likely N-dealkylation sites (N-methyl/N-ethyl adjacent to an activating group) is 2. The Labute approximate surface area is 180 Å². The zero-order valence-electron chi connectivity index (χ0n) is 17.9. The van der Waals surface area contributed by atoms with Crippen LogP contribution in [0.15, 0.2) is 60.7 Å². The van der Waals surface area contributed by atoms with E-state index in [2.05, 4.69) is 0 Å². The van der Waals surface area contributed by atoms with Gasteiger partial charge in [-0.1, -0.05) is 47.5 Å². The summed E-state index contributed by atoms with van der Waals surface area (Å²) in [6, 6.07) is 19.5. The van der Waals surface area contributed by atoms with Gasteiger partial charge in [0.05, 0.1) is 5.69 Å². The number of benzene rings is 3. The van der Waals surface area contributed by atoms with Crippen molar-refractivity contribution in [2.24, 2.45) is 0 Å². The molecule has 3 aliphatic rings. The first-order valence-corrected chi connectivity index (χ1v) is 10.4. The number of aryl methyl sites for hydroxylation is 2. The highest BCUT2D eigenvalue weighted by Crippen LogP contribution is 2.66. The standard InChI is InChI=1S/C26H22N2O3/c1-15-9-11-20-18(13-15)25(23(29)27(20)3)17-7-5-6-8-22(17)31-26(25)19-14-16(2)10-12-21(19)28(4)24(26)30/h5-14H,1-4H3. The van der Waals surface area contributed by atoms with Crippen molar-refractivity contribution in [3.63, 3.8) is 0 Å². The lowest BCUT2D eigenvalue weighted by Crippen LogP contribution is -2.59. The van der Waals surface area contributed by atoms with Gasteiger partial charge in [-0.25, -0.2) is 0 Å². The van der Waals surface area contributed by atoms with Crippen LogP contribution in [0.2, 0.25) is 0 Å². The summed E-state index contributed by atoms with van der Waals surface area (Å²) in [6.07, 6.45) is 0. The number of rotatable bonds is 0. The summed E-state index contributed by atoms with van der Waals surface area (Å²) in [5.74, 6) is 0.212. The van der Waals surface area contributed by atoms with Gasteiger partial charge in [0.2, 0.25) is 11.5 Å². The monoisotopic (exact) mass is 410 g/mol. The smallest absolute Gasteiger partial charge is 0.277 e. The maximum Gasteiger partial charge on any atom is 0.277 e. The number of para-hydroxylation sites is 1. The van der Waals surface area contributed by atoms with Crippen molar-refractivity contribution < 1.29 is 14.3 Å². The van der Waals surface area contributed by atoms with Gasteiger partial charge in [0, 0.05) is 36.5 Å². The molecule has 3 aromatic carbocycles. The van der Waals surface area contributed by atoms with Crippen molar-refractivity contribution in [2.75, 3.05) is 23.9 Å². The summed E-state index contributed by atoms with van der Waals surface area (Å²) in [7, 11) is 3.53. The number of amides is 2. The van der Waals surface area contributed by atoms with Crippen molar-refractivity contribution in [1.82, 2.24) is 0 Å². The Hall–Kier alpha value is -3.60. The molecule has 2 atom stereocenters. The van der Waals surface area contributed by atoms with Crippen molar-refractivity contribution >= 4 is 23.2 Å². The fraction of sp³-hybridized carbons (Fsp3) is 0.231. The Morgan fingerprint density at radius 3 is 2.00 bits per heavy atom. The molecule has 0 aliphatic carbocycles. The van der Waals surface area contributed by atoms with Crippen LogP contribution in [0.25, 0.3) is 0 Å². The summed E-state index contributed by atoms with van der Waals surface area (Å²) in [4.78, 5) is 31.6. The topological polar surface area (TPSA) is 49.9 Å². The Morgan fingerprint density at radius 2 is 1.29 bits per heavy atom. The van der Waals surface area contributed by atoms with E-state index in [1.54, 1.807) is 23.9 Å². The van der Waals surface area contributed by atoms with Gasteiger partial charge in [-0.15, -0.1) is 0 Å². The lowest BCUT2D eigenvalue weighted by atomic mass is 9.62. The first-order valence-electron chi connectivity index (χ1n) is 10.4. The molecule has 154 valence electrons. The number of fused-ring (bicyclic) bond motifs is 7. The molecule has 6 rings (SSSR count). The predicted octanol–water partition coefficient (Wildman–Crippen LogP) is 3.83. The van der Waals surface area contributed by atoms with Crippen LogP contribution < -0.4 is 14.5 Å². The zero-order valence-corrected chi connectivity index (χ0v) is 17.9. The van der Waals surface area contributed by atoms with Gasteiger partial charge in [-0.05, 0) is 38.1 Å². The normalized spacial score (nSPS) is 25.3. The Kier molecular flexibility index (Phi) is 3.26. The highest BCUT2D eigenvalue weighted by atomic mass is 16.5. The summed E-state index contributed by atoms with van der Waals surface area (Å²) in [5.41, 5.74) is 3.16. The number of carbonyl (C=O) groups is 2. The molecule has 0 bridgehead atoms. The summed E-state index contributed by atoms with van der Waals surface area (Å²) in [5, 5.41) is 0. The molecule has 0 fully saturated rings. The molecule has 2 unspecified atom stereocenters. The zero-order chi connectivity index (χ0) is 21.7. The molecular formula is C26H22N2O3. The first-order chi connectivity index (χ1) is 14.8. The van der Waals surface area contributed by atoms with E-state index in [1.165, 1.54) is 0 Å². The minimum atomic E-state index is -1.49. The maximum atomic E-state index is 14.2. The van der Waals surface area contributed by atoms with E-state index in [-0.39, 0.29) is 11.8 Å². The number of ether oxygens (including phenoxy) is 1. The highest BCUT2D eigenvalue weighted by molar-refractivity contribution is 6.20. The summed E-state index contributed by atoms with van der Waals surface area (Å²) >= 11 is 0. The van der Waals surface area contributed by atoms with Crippen LogP contribution in [0.1, 0.15) is 27.8 Å². The molecule has 0 N–H and O–H groups in total. The van der Waals surface area contributed by atoms with Crippen LogP contribution in [0.4, 0.5) is 11.4 Å². The largest absolute Gasteiger partial charge is 0.470 e. The molecule has 3 heterocycles. The second-order valence-electron chi connectivity index (χ2n) is 8.80. The van der Waals surface area contributed by atoms with E-state index in [0.29, 0.717) is 5.75 Å². The van der Waals surface area contributed by atoms with E-state index in [1.807, 2.05) is 74.5 Å². The number of anilines is 2. The average molecular weight is 410 g/mol. The second kappa shape index (κ2) is 5.55. The van der Waals surface area contributed by atoms with E-state index in [4.69, 9.17) is 4.74 Å². The minimum Gasteiger partial charge on any atom is -0.470 e. The lowest BCUT2D eigenvalue weighted by Gasteiger charge is -2.37. The highest BCUT2D eigenvalue weighted by Gasteiger charge is 2.76. The van der Waals surface area contributed by atoms with Crippen molar-refractivity contribution in [3.05, 3.63) is 88.5 Å². The molecule has 0 saturated heterocycles. The summed E-state index contributed by atoms with van der Waals surface area (Å²) in [6.45, 7) is 4.00. The molecule has 3 aromatic rings. The van der Waals surface area contributed by atoms with E-state index in [0.717, 1.165) is 39.2 Å². The number of hydrogen-bond donors (Lipinski definition) is 0. The van der Waals surface area contributed by atoms with E-state index in [9.17, 15) is 9.59 Å². The Bertz CT molecular complexity index is 1330. The van der Waals surface area contributed by atoms with Crippen molar-refractivity contribution in [2.45, 2.75) is 24.9 Å². The molecule has 0 radical (unpaired) electrons. The van der Waals surface area contributed by atoms with Gasteiger partial charge >= 0.3 is 0 Å². The van der Waals surface area contributed by atoms with Crippen LogP contribution in [-0.4, -0.2) is 25.9 Å². The molecule has 31 heavy (non-hydrogen) atoms. The van der Waals surface area contributed by atoms with Crippen LogP contribution in [0, 0.1) is 13.8 Å². The van der Waals surface area contributed by atoms with Crippen LogP contribution >= 0.6 is 0 Å². The molecule has 3 aliphatic heterocycles. The molecule has 5 nitrogen and oxygen atoms in total. The van der Waals surface area contributed by atoms with Crippen LogP contribution in [0.5, 0.6) is 5.75 Å². The van der Waals surface area contributed by atoms with Crippen LogP contribution in [0.3, 0.4) is 0 Å². The third-order valence-corrected chi connectivity index (χ3v) is 7.12. The average Bonchev–Trinajstić information content (AvgIpc) is 3.27. The molecule has 5 heteroatoms. The molecular weight excluding hydrogens is 388 g/mol. The van der Waals surface area contributed by atoms with Gasteiger partial charge < -0.3 is 14.5 Å². The van der Waals surface area contributed by atoms with E-state index >= 15 is 0 Å². The SMILES string of the molecule is Cc1ccc2c(c1)C1(Oc3ccccc3C13C(=O)N(C)c1ccc(C)cc13)C(=O)N2C. The van der Waals surface area contributed by atoms with E-state index < -0.39 is 11.0 Å². The molecule has 0 saturated carbocycles. The number of carbonyl (C=O) groups excluding carboxylic acids is 2. The number of hydrogen-bond acceptors (Lipinski definition) is 3. The van der Waals surface area contributed by atoms with Crippen LogP contribution in [-0.2, 0) is 20.6 Å². The third kappa shape index (κ3) is 1.80. The van der Waals surface area contributed by atoms with Gasteiger partial charge in [0.1, 0.15) is 5.75 Å². The van der Waals surface area contributed by atoms with Gasteiger partial charge in [0.25, 0.3) is 5.91 Å². The third-order valence-electron chi connectivity index (χ3n) is 7.12. The fourth-order valence-corrected chi connectivity index (χ4v) is 5.76. The quantitative estimate of drug-likeness (QED) is 0.566. The molecule has 0 aromatic heterocycles. The predicted molar refractivity (Wildman–Crippen MR) is 119 cm³/mol. The lowest BCUT2D eigenvalue weighted by molar-refractivity contribution is -0.142. The maximum absolute atomic E-state index is 14.2. The Balaban J connectivity index is 1.82. The molecule has 2 spiro atoms. The summed E-state index contributed by atoms with van der Waals surface area (Å²) < 4.78 is 6.63. The number of nitrogens with zero attached hydrogens (tertiary/aromatic N) is 2. The van der Waals surface area contributed by atoms with Gasteiger partial charge in [-0.2, -0.15) is 0 Å². The van der Waals surface area contributed by atoms with Crippen molar-refractivity contribution in [3.8, 4) is 5.75 Å². The Morgan fingerprint density at radius 1 is 0.710 bits per heavy atom. The van der Waals surface area contributed by atoms with Gasteiger partial charge in [0.15, 0.2) is 5.41 Å². The first kappa shape index (κ1) is 18.2. The van der Waals surface area contributed by atoms with Crippen molar-refractivity contribution in [1.29, 1.82) is 0 Å².